The lowest BCUT2D eigenvalue weighted by Gasteiger charge is -2.17. The molecule has 0 saturated carbocycles. The highest BCUT2D eigenvalue weighted by Gasteiger charge is 2.31. The predicted octanol–water partition coefficient (Wildman–Crippen LogP) is 5.43. The molecule has 0 fully saturated rings. The Bertz CT molecular complexity index is 710. The van der Waals surface area contributed by atoms with Crippen molar-refractivity contribution < 1.29 is 0 Å². The summed E-state index contributed by atoms with van der Waals surface area (Å²) in [7, 11) is 0. The molecule has 0 spiro atoms. The molecule has 2 aromatic rings. The quantitative estimate of drug-likeness (QED) is 0.669. The van der Waals surface area contributed by atoms with E-state index < -0.39 is 0 Å². The number of fused-ring (bicyclic) bond motifs is 3. The molecule has 1 aliphatic carbocycles. The van der Waals surface area contributed by atoms with Gasteiger partial charge in [-0.1, -0.05) is 60.2 Å². The third-order valence-corrected chi connectivity index (χ3v) is 5.43. The number of benzene rings is 2. The first kappa shape index (κ1) is 12.0. The summed E-state index contributed by atoms with van der Waals surface area (Å²) in [5, 5.41) is 0.583. The van der Waals surface area contributed by atoms with Gasteiger partial charge in [0.05, 0.1) is 0 Å². The lowest BCUT2D eigenvalue weighted by Crippen LogP contribution is -2.08. The molecule has 1 heterocycles. The van der Waals surface area contributed by atoms with Crippen LogP contribution in [0.2, 0.25) is 0 Å². The second kappa shape index (κ2) is 4.68. The fraction of sp³-hybridized carbons (Fsp3) is 0.158. The maximum absolute atomic E-state index is 2.41. The second-order valence-corrected chi connectivity index (χ2v) is 6.72. The fourth-order valence-electron chi connectivity index (χ4n) is 3.05. The summed E-state index contributed by atoms with van der Waals surface area (Å²) < 4.78 is 0. The molecule has 4 rings (SSSR count). The molecule has 0 amide bonds. The van der Waals surface area contributed by atoms with E-state index in [0.29, 0.717) is 11.2 Å². The van der Waals surface area contributed by atoms with Gasteiger partial charge in [-0.15, -0.1) is 11.8 Å². The molecular formula is C19H16S. The zero-order valence-corrected chi connectivity index (χ0v) is 12.2. The maximum Gasteiger partial charge on any atom is 0.0381 e. The molecule has 2 unspecified atom stereocenters. The van der Waals surface area contributed by atoms with Crippen LogP contribution < -0.4 is 0 Å². The van der Waals surface area contributed by atoms with Crippen molar-refractivity contribution in [2.24, 2.45) is 0 Å². The van der Waals surface area contributed by atoms with Gasteiger partial charge in [-0.3, -0.25) is 0 Å². The van der Waals surface area contributed by atoms with E-state index in [4.69, 9.17) is 0 Å². The average molecular weight is 276 g/mol. The number of hydrogen-bond acceptors (Lipinski definition) is 1. The smallest absolute Gasteiger partial charge is 0.0381 e. The third kappa shape index (κ3) is 1.94. The van der Waals surface area contributed by atoms with Gasteiger partial charge in [-0.25, -0.2) is 0 Å². The summed E-state index contributed by atoms with van der Waals surface area (Å²) >= 11 is 1.99. The molecule has 0 aromatic heterocycles. The van der Waals surface area contributed by atoms with Crippen molar-refractivity contribution in [3.8, 4) is 11.1 Å². The number of rotatable bonds is 1. The molecule has 0 bridgehead atoms. The molecule has 0 saturated heterocycles. The molecule has 2 atom stereocenters. The Morgan fingerprint density at radius 1 is 0.950 bits per heavy atom. The Balaban J connectivity index is 1.80. The highest BCUT2D eigenvalue weighted by atomic mass is 32.2. The molecular weight excluding hydrogens is 260 g/mol. The van der Waals surface area contributed by atoms with Crippen molar-refractivity contribution in [2.75, 3.05) is 0 Å². The van der Waals surface area contributed by atoms with Gasteiger partial charge in [-0.05, 0) is 35.7 Å². The van der Waals surface area contributed by atoms with E-state index in [1.54, 1.807) is 0 Å². The Labute approximate surface area is 124 Å². The normalized spacial score (nSPS) is 23.1. The maximum atomic E-state index is 2.41. The van der Waals surface area contributed by atoms with Gasteiger partial charge < -0.3 is 0 Å². The first-order valence-electron chi connectivity index (χ1n) is 7.04. The predicted molar refractivity (Wildman–Crippen MR) is 87.2 cm³/mol. The minimum atomic E-state index is 0.545. The Kier molecular flexibility index (Phi) is 2.82. The molecule has 2 aromatic carbocycles. The van der Waals surface area contributed by atoms with E-state index >= 15 is 0 Å². The van der Waals surface area contributed by atoms with Crippen LogP contribution in [0.1, 0.15) is 18.4 Å². The van der Waals surface area contributed by atoms with Gasteiger partial charge in [0.15, 0.2) is 0 Å². The Hall–Kier alpha value is -1.73. The summed E-state index contributed by atoms with van der Waals surface area (Å²) in [5.41, 5.74) is 5.50. The summed E-state index contributed by atoms with van der Waals surface area (Å²) in [4.78, 5) is 1.44. The summed E-state index contributed by atoms with van der Waals surface area (Å²) in [6.07, 6.45) is 7.02. The Morgan fingerprint density at radius 3 is 2.65 bits per heavy atom. The third-order valence-electron chi connectivity index (χ3n) is 4.08. The molecule has 0 N–H and O–H groups in total. The van der Waals surface area contributed by atoms with Gasteiger partial charge in [0.1, 0.15) is 0 Å². The molecule has 0 radical (unpaired) electrons. The minimum Gasteiger partial charge on any atom is -0.117 e. The van der Waals surface area contributed by atoms with Crippen LogP contribution in [0, 0.1) is 0 Å². The molecule has 1 aliphatic heterocycles. The van der Waals surface area contributed by atoms with Crippen LogP contribution in [-0.2, 0) is 0 Å². The Morgan fingerprint density at radius 2 is 1.80 bits per heavy atom. The lowest BCUT2D eigenvalue weighted by molar-refractivity contribution is 0.870. The zero-order chi connectivity index (χ0) is 13.5. The van der Waals surface area contributed by atoms with Gasteiger partial charge >= 0.3 is 0 Å². The number of thioether (sulfide) groups is 1. The highest BCUT2D eigenvalue weighted by Crippen LogP contribution is 2.49. The van der Waals surface area contributed by atoms with Crippen LogP contribution in [0.5, 0.6) is 0 Å². The topological polar surface area (TPSA) is 0 Å². The largest absolute Gasteiger partial charge is 0.117 e. The summed E-state index contributed by atoms with van der Waals surface area (Å²) in [6, 6.07) is 17.6. The lowest BCUT2D eigenvalue weighted by atomic mass is 9.88. The van der Waals surface area contributed by atoms with Gasteiger partial charge in [0.25, 0.3) is 0 Å². The van der Waals surface area contributed by atoms with E-state index in [2.05, 4.69) is 73.7 Å². The number of allylic oxidation sites excluding steroid dienone is 3. The molecule has 2 aliphatic rings. The number of hydrogen-bond donors (Lipinski definition) is 0. The average Bonchev–Trinajstić information content (AvgIpc) is 2.85. The SMILES string of the molecule is CC1=CC2c3cc(-c4ccccc4)ccc3SC2C=C1. The summed E-state index contributed by atoms with van der Waals surface area (Å²) in [5.74, 6) is 0.545. The van der Waals surface area contributed by atoms with E-state index in [1.165, 1.54) is 27.2 Å². The first-order valence-corrected chi connectivity index (χ1v) is 7.92. The standard InChI is InChI=1S/C19H16S/c1-13-7-9-18-16(11-13)17-12-15(8-10-19(17)20-18)14-5-3-2-4-6-14/h2-12,16,18H,1H3. The van der Waals surface area contributed by atoms with Crippen molar-refractivity contribution >= 4 is 11.8 Å². The van der Waals surface area contributed by atoms with Crippen LogP contribution in [0.4, 0.5) is 0 Å². The monoisotopic (exact) mass is 276 g/mol. The van der Waals surface area contributed by atoms with Gasteiger partial charge in [0, 0.05) is 16.1 Å². The van der Waals surface area contributed by atoms with Crippen molar-refractivity contribution in [1.82, 2.24) is 0 Å². The van der Waals surface area contributed by atoms with E-state index in [1.807, 2.05) is 11.8 Å². The molecule has 98 valence electrons. The molecule has 1 heteroatoms. The first-order chi connectivity index (χ1) is 9.81. The molecule has 20 heavy (non-hydrogen) atoms. The highest BCUT2D eigenvalue weighted by molar-refractivity contribution is 8.00. The van der Waals surface area contributed by atoms with Crippen LogP contribution in [0.25, 0.3) is 11.1 Å². The van der Waals surface area contributed by atoms with Crippen LogP contribution in [0.15, 0.2) is 77.2 Å². The van der Waals surface area contributed by atoms with E-state index in [0.717, 1.165) is 0 Å². The van der Waals surface area contributed by atoms with E-state index in [9.17, 15) is 0 Å². The van der Waals surface area contributed by atoms with Crippen LogP contribution >= 0.6 is 11.8 Å². The second-order valence-electron chi connectivity index (χ2n) is 5.50. The van der Waals surface area contributed by atoms with Crippen molar-refractivity contribution in [1.29, 1.82) is 0 Å². The fourth-order valence-corrected chi connectivity index (χ4v) is 4.35. The van der Waals surface area contributed by atoms with Crippen molar-refractivity contribution in [3.05, 3.63) is 77.9 Å². The van der Waals surface area contributed by atoms with Crippen LogP contribution in [0.3, 0.4) is 0 Å². The van der Waals surface area contributed by atoms with Crippen LogP contribution in [-0.4, -0.2) is 5.25 Å². The van der Waals surface area contributed by atoms with Crippen molar-refractivity contribution in [2.45, 2.75) is 23.0 Å². The minimum absolute atomic E-state index is 0.545. The van der Waals surface area contributed by atoms with Crippen molar-refractivity contribution in [3.63, 3.8) is 0 Å². The van der Waals surface area contributed by atoms with Gasteiger partial charge in [-0.2, -0.15) is 0 Å². The molecule has 0 nitrogen and oxygen atoms in total. The summed E-state index contributed by atoms with van der Waals surface area (Å²) in [6.45, 7) is 2.19. The van der Waals surface area contributed by atoms with E-state index in [-0.39, 0.29) is 0 Å². The van der Waals surface area contributed by atoms with Gasteiger partial charge in [0.2, 0.25) is 0 Å². The zero-order valence-electron chi connectivity index (χ0n) is 11.4.